The van der Waals surface area contributed by atoms with Gasteiger partial charge >= 0.3 is 5.97 Å². The van der Waals surface area contributed by atoms with Gasteiger partial charge in [-0.15, -0.1) is 23.1 Å². The molecular formula is C17H20N2O3S2. The zero-order valence-electron chi connectivity index (χ0n) is 13.6. The van der Waals surface area contributed by atoms with Crippen molar-refractivity contribution in [3.05, 3.63) is 45.9 Å². The molecule has 128 valence electrons. The molecule has 5 nitrogen and oxygen atoms in total. The van der Waals surface area contributed by atoms with Crippen molar-refractivity contribution in [3.63, 3.8) is 0 Å². The number of nitrogens with one attached hydrogen (secondary N) is 1. The fourth-order valence-corrected chi connectivity index (χ4v) is 3.80. The van der Waals surface area contributed by atoms with Crippen molar-refractivity contribution in [2.75, 3.05) is 6.54 Å². The molecule has 1 atom stereocenters. The van der Waals surface area contributed by atoms with Crippen molar-refractivity contribution in [2.45, 2.75) is 30.9 Å². The number of carboxylic acids is 1. The Morgan fingerprint density at radius 1 is 1.38 bits per heavy atom. The van der Waals surface area contributed by atoms with Crippen LogP contribution in [0.4, 0.5) is 0 Å². The summed E-state index contributed by atoms with van der Waals surface area (Å²) in [7, 11) is 0. The Bertz CT molecular complexity index is 715. The van der Waals surface area contributed by atoms with E-state index in [1.807, 2.05) is 30.5 Å². The second-order valence-corrected chi connectivity index (χ2v) is 7.64. The Balaban J connectivity index is 1.96. The molecule has 2 rings (SSSR count). The fraction of sp³-hybridized carbons (Fsp3) is 0.353. The van der Waals surface area contributed by atoms with E-state index in [1.165, 1.54) is 0 Å². The normalized spacial score (nSPS) is 11.9. The minimum absolute atomic E-state index is 0.0415. The summed E-state index contributed by atoms with van der Waals surface area (Å²) in [5.41, 5.74) is 1.62. The second kappa shape index (κ2) is 8.84. The second-order valence-electron chi connectivity index (χ2n) is 5.56. The molecule has 0 radical (unpaired) electrons. The summed E-state index contributed by atoms with van der Waals surface area (Å²) in [5, 5.41) is 14.6. The lowest BCUT2D eigenvalue weighted by atomic mass is 10.1. The Morgan fingerprint density at radius 3 is 2.79 bits per heavy atom. The minimum Gasteiger partial charge on any atom is -0.481 e. The molecule has 0 aliphatic carbocycles. The lowest BCUT2D eigenvalue weighted by Gasteiger charge is -2.12. The van der Waals surface area contributed by atoms with Crippen molar-refractivity contribution in [1.82, 2.24) is 10.3 Å². The molecule has 0 bridgehead atoms. The number of carbonyl (C=O) groups excluding carboxylic acids is 1. The zero-order chi connectivity index (χ0) is 17.5. The molecule has 24 heavy (non-hydrogen) atoms. The topological polar surface area (TPSA) is 79.3 Å². The van der Waals surface area contributed by atoms with Crippen LogP contribution in [-0.4, -0.2) is 28.5 Å². The lowest BCUT2D eigenvalue weighted by Crippen LogP contribution is -2.29. The molecule has 1 heterocycles. The number of nitrogens with zero attached hydrogens (tertiary/aromatic N) is 1. The van der Waals surface area contributed by atoms with E-state index in [4.69, 9.17) is 5.11 Å². The highest BCUT2D eigenvalue weighted by molar-refractivity contribution is 7.98. The highest BCUT2D eigenvalue weighted by Crippen LogP contribution is 2.26. The van der Waals surface area contributed by atoms with E-state index in [9.17, 15) is 9.59 Å². The number of carboxylic acid groups (broad SMARTS) is 1. The van der Waals surface area contributed by atoms with Crippen molar-refractivity contribution >= 4 is 35.0 Å². The standard InChI is InChI=1S/C17H20N2O3S2/c1-11(7-16(20)21)8-18-17(22)14-5-3-4-6-15(14)24-10-13-9-23-12(2)19-13/h3-6,9,11H,7-8,10H2,1-2H3,(H,18,22)(H,20,21). The number of hydrogen-bond donors (Lipinski definition) is 2. The maximum Gasteiger partial charge on any atom is 0.303 e. The molecule has 1 unspecified atom stereocenters. The molecule has 7 heteroatoms. The zero-order valence-corrected chi connectivity index (χ0v) is 15.2. The van der Waals surface area contributed by atoms with Crippen LogP contribution < -0.4 is 5.32 Å². The monoisotopic (exact) mass is 364 g/mol. The number of aromatic nitrogens is 1. The van der Waals surface area contributed by atoms with E-state index in [0.29, 0.717) is 17.9 Å². The van der Waals surface area contributed by atoms with Gasteiger partial charge in [0.1, 0.15) is 0 Å². The van der Waals surface area contributed by atoms with Gasteiger partial charge in [0.25, 0.3) is 5.91 Å². The van der Waals surface area contributed by atoms with Gasteiger partial charge in [0, 0.05) is 29.0 Å². The SMILES string of the molecule is Cc1nc(CSc2ccccc2C(=O)NCC(C)CC(=O)O)cs1. The number of benzene rings is 1. The predicted octanol–water partition coefficient (Wildman–Crippen LogP) is 3.58. The summed E-state index contributed by atoms with van der Waals surface area (Å²) in [6.45, 7) is 4.12. The first-order valence-corrected chi connectivity index (χ1v) is 9.45. The third-order valence-corrected chi connectivity index (χ3v) is 5.24. The first kappa shape index (κ1) is 18.5. The Kier molecular flexibility index (Phi) is 6.81. The molecule has 0 spiro atoms. The number of amides is 1. The molecule has 0 saturated heterocycles. The lowest BCUT2D eigenvalue weighted by molar-refractivity contribution is -0.137. The van der Waals surface area contributed by atoms with Crippen molar-refractivity contribution in [2.24, 2.45) is 5.92 Å². The van der Waals surface area contributed by atoms with Gasteiger partial charge in [-0.05, 0) is 25.0 Å². The van der Waals surface area contributed by atoms with Crippen LogP contribution in [0.25, 0.3) is 0 Å². The van der Waals surface area contributed by atoms with Gasteiger partial charge in [-0.3, -0.25) is 9.59 Å². The van der Waals surface area contributed by atoms with Crippen molar-refractivity contribution < 1.29 is 14.7 Å². The number of aryl methyl sites for hydroxylation is 1. The van der Waals surface area contributed by atoms with Gasteiger partial charge in [-0.25, -0.2) is 4.98 Å². The fourth-order valence-electron chi connectivity index (χ4n) is 2.14. The Labute approximate surface area is 149 Å². The number of rotatable bonds is 8. The van der Waals surface area contributed by atoms with Crippen LogP contribution >= 0.6 is 23.1 Å². The highest BCUT2D eigenvalue weighted by Gasteiger charge is 2.14. The number of thiazole rings is 1. The summed E-state index contributed by atoms with van der Waals surface area (Å²) in [6, 6.07) is 7.43. The smallest absolute Gasteiger partial charge is 0.303 e. The van der Waals surface area contributed by atoms with E-state index in [1.54, 1.807) is 36.1 Å². The summed E-state index contributed by atoms with van der Waals surface area (Å²) in [4.78, 5) is 28.4. The number of carbonyl (C=O) groups is 2. The van der Waals surface area contributed by atoms with E-state index >= 15 is 0 Å². The van der Waals surface area contributed by atoms with Gasteiger partial charge in [0.2, 0.25) is 0 Å². The summed E-state index contributed by atoms with van der Waals surface area (Å²) in [5.74, 6) is -0.426. The highest BCUT2D eigenvalue weighted by atomic mass is 32.2. The molecule has 2 N–H and O–H groups in total. The summed E-state index contributed by atoms with van der Waals surface area (Å²) < 4.78 is 0. The summed E-state index contributed by atoms with van der Waals surface area (Å²) >= 11 is 3.19. The van der Waals surface area contributed by atoms with Gasteiger partial charge in [0.15, 0.2) is 0 Å². The van der Waals surface area contributed by atoms with Crippen LogP contribution in [0, 0.1) is 12.8 Å². The predicted molar refractivity (Wildman–Crippen MR) is 96.6 cm³/mol. The van der Waals surface area contributed by atoms with Crippen LogP contribution in [0.3, 0.4) is 0 Å². The molecular weight excluding hydrogens is 344 g/mol. The third-order valence-electron chi connectivity index (χ3n) is 3.31. The van der Waals surface area contributed by atoms with E-state index < -0.39 is 5.97 Å². The van der Waals surface area contributed by atoms with Gasteiger partial charge < -0.3 is 10.4 Å². The average Bonchev–Trinajstić information content (AvgIpc) is 2.96. The third kappa shape index (κ3) is 5.65. The van der Waals surface area contributed by atoms with Crippen LogP contribution in [0.15, 0.2) is 34.5 Å². The van der Waals surface area contributed by atoms with Crippen molar-refractivity contribution in [1.29, 1.82) is 0 Å². The Morgan fingerprint density at radius 2 is 2.12 bits per heavy atom. The molecule has 0 aliphatic rings. The van der Waals surface area contributed by atoms with E-state index in [2.05, 4.69) is 10.3 Å². The van der Waals surface area contributed by atoms with Crippen LogP contribution in [0.2, 0.25) is 0 Å². The molecule has 0 aliphatic heterocycles. The maximum atomic E-state index is 12.4. The van der Waals surface area contributed by atoms with Crippen LogP contribution in [0.5, 0.6) is 0 Å². The maximum absolute atomic E-state index is 12.4. The summed E-state index contributed by atoms with van der Waals surface area (Å²) in [6.07, 6.45) is 0.0415. The number of thioether (sulfide) groups is 1. The van der Waals surface area contributed by atoms with Crippen LogP contribution in [-0.2, 0) is 10.5 Å². The number of hydrogen-bond acceptors (Lipinski definition) is 5. The van der Waals surface area contributed by atoms with Gasteiger partial charge in [-0.2, -0.15) is 0 Å². The van der Waals surface area contributed by atoms with Gasteiger partial charge in [0.05, 0.1) is 16.3 Å². The molecule has 0 saturated carbocycles. The van der Waals surface area contributed by atoms with E-state index in [-0.39, 0.29) is 18.2 Å². The minimum atomic E-state index is -0.855. The number of aliphatic carboxylic acids is 1. The van der Waals surface area contributed by atoms with Crippen LogP contribution in [0.1, 0.15) is 34.4 Å². The van der Waals surface area contributed by atoms with Crippen molar-refractivity contribution in [3.8, 4) is 0 Å². The quantitative estimate of drug-likeness (QED) is 0.700. The first-order valence-electron chi connectivity index (χ1n) is 7.58. The molecule has 2 aromatic rings. The molecule has 1 aromatic carbocycles. The largest absolute Gasteiger partial charge is 0.481 e. The molecule has 0 fully saturated rings. The molecule has 1 aromatic heterocycles. The van der Waals surface area contributed by atoms with E-state index in [0.717, 1.165) is 15.6 Å². The average molecular weight is 364 g/mol. The first-order chi connectivity index (χ1) is 11.5. The van der Waals surface area contributed by atoms with Gasteiger partial charge in [-0.1, -0.05) is 19.1 Å². The molecule has 1 amide bonds. The Hall–Kier alpha value is -1.86.